The number of nitrogens with one attached hydrogen (secondary N) is 4. The first-order valence-corrected chi connectivity index (χ1v) is 10.2. The average molecular weight is 423 g/mol. The van der Waals surface area contributed by atoms with Crippen molar-refractivity contribution >= 4 is 45.6 Å². The van der Waals surface area contributed by atoms with Crippen LogP contribution in [0.25, 0.3) is 0 Å². The SMILES string of the molecule is CC(C)NC(=O)c1ccccc1NC(=O)c1ccc(NC(=O)Nc2ccccc2)s1. The van der Waals surface area contributed by atoms with E-state index in [1.54, 1.807) is 48.5 Å². The van der Waals surface area contributed by atoms with Gasteiger partial charge in [0, 0.05) is 11.7 Å². The highest BCUT2D eigenvalue weighted by atomic mass is 32.1. The first-order chi connectivity index (χ1) is 14.4. The van der Waals surface area contributed by atoms with E-state index in [4.69, 9.17) is 0 Å². The van der Waals surface area contributed by atoms with Crippen LogP contribution < -0.4 is 21.3 Å². The van der Waals surface area contributed by atoms with E-state index in [-0.39, 0.29) is 17.9 Å². The number of anilines is 3. The third-order valence-corrected chi connectivity index (χ3v) is 4.94. The van der Waals surface area contributed by atoms with Gasteiger partial charge in [0.1, 0.15) is 0 Å². The van der Waals surface area contributed by atoms with Crippen molar-refractivity contribution in [2.24, 2.45) is 0 Å². The van der Waals surface area contributed by atoms with Gasteiger partial charge in [0.25, 0.3) is 11.8 Å². The summed E-state index contributed by atoms with van der Waals surface area (Å²) in [6.45, 7) is 3.74. The summed E-state index contributed by atoms with van der Waals surface area (Å²) in [6, 6.07) is 18.7. The Hall–Kier alpha value is -3.65. The number of amides is 4. The molecule has 0 atom stereocenters. The Labute approximate surface area is 178 Å². The number of carbonyl (C=O) groups excluding carboxylic acids is 3. The molecule has 8 heteroatoms. The molecular formula is C22H22N4O3S. The zero-order valence-electron chi connectivity index (χ0n) is 16.6. The molecule has 0 aliphatic rings. The fourth-order valence-electron chi connectivity index (χ4n) is 2.64. The molecule has 7 nitrogen and oxygen atoms in total. The maximum atomic E-state index is 12.6. The Morgan fingerprint density at radius 2 is 1.47 bits per heavy atom. The second kappa shape index (κ2) is 9.71. The largest absolute Gasteiger partial charge is 0.350 e. The topological polar surface area (TPSA) is 99.3 Å². The van der Waals surface area contributed by atoms with Gasteiger partial charge >= 0.3 is 6.03 Å². The molecule has 4 N–H and O–H groups in total. The van der Waals surface area contributed by atoms with E-state index < -0.39 is 6.03 Å². The molecule has 3 rings (SSSR count). The molecule has 0 spiro atoms. The van der Waals surface area contributed by atoms with Gasteiger partial charge in [0.2, 0.25) is 0 Å². The normalized spacial score (nSPS) is 10.4. The zero-order chi connectivity index (χ0) is 21.5. The molecule has 30 heavy (non-hydrogen) atoms. The van der Waals surface area contributed by atoms with Crippen LogP contribution in [0.3, 0.4) is 0 Å². The monoisotopic (exact) mass is 422 g/mol. The Balaban J connectivity index is 1.64. The first kappa shape index (κ1) is 21.1. The van der Waals surface area contributed by atoms with Gasteiger partial charge in [0.15, 0.2) is 0 Å². The Morgan fingerprint density at radius 1 is 0.767 bits per heavy atom. The molecule has 0 unspecified atom stereocenters. The highest BCUT2D eigenvalue weighted by molar-refractivity contribution is 7.18. The van der Waals surface area contributed by atoms with Crippen LogP contribution in [0.4, 0.5) is 21.2 Å². The number of para-hydroxylation sites is 2. The minimum atomic E-state index is -0.397. The van der Waals surface area contributed by atoms with Gasteiger partial charge in [-0.3, -0.25) is 14.9 Å². The lowest BCUT2D eigenvalue weighted by molar-refractivity contribution is 0.0944. The Bertz CT molecular complexity index is 1050. The van der Waals surface area contributed by atoms with Crippen molar-refractivity contribution in [3.63, 3.8) is 0 Å². The fraction of sp³-hybridized carbons (Fsp3) is 0.136. The molecule has 2 aromatic carbocycles. The molecule has 0 radical (unpaired) electrons. The molecule has 0 saturated heterocycles. The maximum absolute atomic E-state index is 12.6. The van der Waals surface area contributed by atoms with Gasteiger partial charge in [0.05, 0.1) is 21.1 Å². The molecule has 4 amide bonds. The van der Waals surface area contributed by atoms with Crippen molar-refractivity contribution in [3.8, 4) is 0 Å². The quantitative estimate of drug-likeness (QED) is 0.460. The van der Waals surface area contributed by atoms with Crippen LogP contribution in [-0.4, -0.2) is 23.9 Å². The van der Waals surface area contributed by atoms with Crippen molar-refractivity contribution in [3.05, 3.63) is 77.2 Å². The molecular weight excluding hydrogens is 400 g/mol. The molecule has 3 aromatic rings. The van der Waals surface area contributed by atoms with E-state index in [0.29, 0.717) is 26.8 Å². The van der Waals surface area contributed by atoms with E-state index in [1.807, 2.05) is 32.0 Å². The standard InChI is InChI=1S/C22H22N4O3S/c1-14(2)23-20(27)16-10-6-7-11-17(16)25-21(28)18-12-13-19(30-18)26-22(29)24-15-8-4-3-5-9-15/h3-14H,1-2H3,(H,23,27)(H,25,28)(H2,24,26,29). The molecule has 154 valence electrons. The van der Waals surface area contributed by atoms with Gasteiger partial charge in [-0.2, -0.15) is 0 Å². The van der Waals surface area contributed by atoms with Crippen LogP contribution in [0.15, 0.2) is 66.7 Å². The maximum Gasteiger partial charge on any atom is 0.324 e. The third kappa shape index (κ3) is 5.68. The molecule has 0 aliphatic heterocycles. The van der Waals surface area contributed by atoms with Crippen molar-refractivity contribution in [1.29, 1.82) is 0 Å². The predicted octanol–water partition coefficient (Wildman–Crippen LogP) is 4.78. The van der Waals surface area contributed by atoms with E-state index >= 15 is 0 Å². The van der Waals surface area contributed by atoms with Gasteiger partial charge in [-0.05, 0) is 50.2 Å². The van der Waals surface area contributed by atoms with E-state index in [1.165, 1.54) is 0 Å². The van der Waals surface area contributed by atoms with Crippen LogP contribution in [0, 0.1) is 0 Å². The highest BCUT2D eigenvalue weighted by Crippen LogP contribution is 2.24. The lowest BCUT2D eigenvalue weighted by Gasteiger charge is -2.12. The van der Waals surface area contributed by atoms with Crippen molar-refractivity contribution < 1.29 is 14.4 Å². The average Bonchev–Trinajstić information content (AvgIpc) is 3.17. The van der Waals surface area contributed by atoms with E-state index in [2.05, 4.69) is 21.3 Å². The van der Waals surface area contributed by atoms with Crippen LogP contribution in [0.5, 0.6) is 0 Å². The van der Waals surface area contributed by atoms with E-state index in [0.717, 1.165) is 11.3 Å². The van der Waals surface area contributed by atoms with E-state index in [9.17, 15) is 14.4 Å². The number of rotatable bonds is 6. The molecule has 0 saturated carbocycles. The fourth-order valence-corrected chi connectivity index (χ4v) is 3.43. The molecule has 0 aliphatic carbocycles. The van der Waals surface area contributed by atoms with Crippen LogP contribution in [0.1, 0.15) is 33.9 Å². The molecule has 0 fully saturated rings. The predicted molar refractivity (Wildman–Crippen MR) is 120 cm³/mol. The molecule has 0 bridgehead atoms. The van der Waals surface area contributed by atoms with Crippen LogP contribution in [-0.2, 0) is 0 Å². The van der Waals surface area contributed by atoms with Gasteiger partial charge in [-0.25, -0.2) is 4.79 Å². The zero-order valence-corrected chi connectivity index (χ0v) is 17.4. The third-order valence-electron chi connectivity index (χ3n) is 3.94. The van der Waals surface area contributed by atoms with Crippen molar-refractivity contribution in [1.82, 2.24) is 5.32 Å². The summed E-state index contributed by atoms with van der Waals surface area (Å²) in [5.74, 6) is -0.617. The summed E-state index contributed by atoms with van der Waals surface area (Å²) in [6.07, 6.45) is 0. The highest BCUT2D eigenvalue weighted by Gasteiger charge is 2.16. The summed E-state index contributed by atoms with van der Waals surface area (Å²) in [5.41, 5.74) is 1.47. The number of hydrogen-bond acceptors (Lipinski definition) is 4. The summed E-state index contributed by atoms with van der Waals surface area (Å²) in [7, 11) is 0. The van der Waals surface area contributed by atoms with Crippen molar-refractivity contribution in [2.45, 2.75) is 19.9 Å². The van der Waals surface area contributed by atoms with Gasteiger partial charge < -0.3 is 16.0 Å². The van der Waals surface area contributed by atoms with Gasteiger partial charge in [-0.1, -0.05) is 30.3 Å². The summed E-state index contributed by atoms with van der Waals surface area (Å²) in [5, 5.41) is 11.5. The molecule has 1 aromatic heterocycles. The number of thiophene rings is 1. The number of urea groups is 1. The summed E-state index contributed by atoms with van der Waals surface area (Å²) >= 11 is 1.14. The second-order valence-corrected chi connectivity index (χ2v) is 7.82. The van der Waals surface area contributed by atoms with Gasteiger partial charge in [-0.15, -0.1) is 11.3 Å². The Morgan fingerprint density at radius 3 is 2.20 bits per heavy atom. The number of benzene rings is 2. The first-order valence-electron chi connectivity index (χ1n) is 9.36. The minimum absolute atomic E-state index is 0.0192. The lowest BCUT2D eigenvalue weighted by atomic mass is 10.1. The minimum Gasteiger partial charge on any atom is -0.350 e. The second-order valence-electron chi connectivity index (χ2n) is 6.74. The van der Waals surface area contributed by atoms with Crippen LogP contribution >= 0.6 is 11.3 Å². The van der Waals surface area contributed by atoms with Crippen molar-refractivity contribution in [2.75, 3.05) is 16.0 Å². The van der Waals surface area contributed by atoms with Crippen LogP contribution in [0.2, 0.25) is 0 Å². The number of hydrogen-bond donors (Lipinski definition) is 4. The smallest absolute Gasteiger partial charge is 0.324 e. The number of carbonyl (C=O) groups is 3. The molecule has 1 heterocycles. The summed E-state index contributed by atoms with van der Waals surface area (Å²) < 4.78 is 0. The Kier molecular flexibility index (Phi) is 6.82. The lowest BCUT2D eigenvalue weighted by Crippen LogP contribution is -2.31. The summed E-state index contributed by atoms with van der Waals surface area (Å²) in [4.78, 5) is 37.5.